The number of carbonyl (C=O) groups excluding carboxylic acids is 2. The van der Waals surface area contributed by atoms with Gasteiger partial charge in [-0.25, -0.2) is 4.79 Å². The van der Waals surface area contributed by atoms with Crippen LogP contribution in [0.1, 0.15) is 38.8 Å². The summed E-state index contributed by atoms with van der Waals surface area (Å²) in [4.78, 5) is 23.7. The molecule has 0 aliphatic rings. The van der Waals surface area contributed by atoms with E-state index in [1.807, 2.05) is 32.0 Å². The second kappa shape index (κ2) is 6.61. The molecule has 0 aromatic heterocycles. The van der Waals surface area contributed by atoms with Crippen molar-refractivity contribution in [3.63, 3.8) is 0 Å². The lowest BCUT2D eigenvalue weighted by molar-refractivity contribution is -0.117. The van der Waals surface area contributed by atoms with Crippen molar-refractivity contribution >= 4 is 17.7 Å². The Balaban J connectivity index is 2.61. The largest absolute Gasteiger partial charge is 0.444 e. The summed E-state index contributed by atoms with van der Waals surface area (Å²) in [6.07, 6.45) is -0.606. The number of hydrogen-bond acceptors (Lipinski definition) is 3. The normalized spacial score (nSPS) is 12.5. The Kier molecular flexibility index (Phi) is 5.35. The van der Waals surface area contributed by atoms with E-state index in [0.717, 1.165) is 16.8 Å². The minimum absolute atomic E-state index is 0.284. The summed E-state index contributed by atoms with van der Waals surface area (Å²) in [5, 5.41) is 5.31. The third kappa shape index (κ3) is 5.85. The van der Waals surface area contributed by atoms with Crippen molar-refractivity contribution in [1.29, 1.82) is 0 Å². The monoisotopic (exact) mass is 292 g/mol. The predicted molar refractivity (Wildman–Crippen MR) is 83.4 cm³/mol. The van der Waals surface area contributed by atoms with Crippen molar-refractivity contribution in [2.45, 2.75) is 53.2 Å². The fourth-order valence-corrected chi connectivity index (χ4v) is 1.74. The number of ether oxygens (including phenoxy) is 1. The van der Waals surface area contributed by atoms with Crippen molar-refractivity contribution in [3.05, 3.63) is 29.3 Å². The Bertz CT molecular complexity index is 533. The van der Waals surface area contributed by atoms with Crippen LogP contribution in [0.2, 0.25) is 0 Å². The standard InChI is InChI=1S/C16H24N2O3/c1-10-7-8-13(11(2)9-10)18-14(19)12(3)17-15(20)21-16(4,5)6/h7-9,12H,1-6H3,(H,17,20)(H,18,19)/t12-/m1/s1. The van der Waals surface area contributed by atoms with Crippen LogP contribution in [0.5, 0.6) is 0 Å². The van der Waals surface area contributed by atoms with Gasteiger partial charge in [-0.3, -0.25) is 4.79 Å². The van der Waals surface area contributed by atoms with E-state index in [1.165, 1.54) is 0 Å². The van der Waals surface area contributed by atoms with E-state index < -0.39 is 17.7 Å². The number of anilines is 1. The molecule has 5 heteroatoms. The van der Waals surface area contributed by atoms with Gasteiger partial charge in [-0.2, -0.15) is 0 Å². The zero-order valence-corrected chi connectivity index (χ0v) is 13.5. The van der Waals surface area contributed by atoms with Crippen molar-refractivity contribution < 1.29 is 14.3 Å². The van der Waals surface area contributed by atoms with Gasteiger partial charge in [0.05, 0.1) is 0 Å². The molecule has 0 heterocycles. The fourth-order valence-electron chi connectivity index (χ4n) is 1.74. The lowest BCUT2D eigenvalue weighted by Gasteiger charge is -2.21. The topological polar surface area (TPSA) is 67.4 Å². The van der Waals surface area contributed by atoms with Crippen molar-refractivity contribution in [3.8, 4) is 0 Å². The number of nitrogens with one attached hydrogen (secondary N) is 2. The number of rotatable bonds is 3. The smallest absolute Gasteiger partial charge is 0.408 e. The lowest BCUT2D eigenvalue weighted by Crippen LogP contribution is -2.44. The maximum absolute atomic E-state index is 12.1. The second-order valence-electron chi connectivity index (χ2n) is 6.18. The molecule has 2 N–H and O–H groups in total. The first-order valence-corrected chi connectivity index (χ1v) is 6.96. The third-order valence-corrected chi connectivity index (χ3v) is 2.77. The molecule has 21 heavy (non-hydrogen) atoms. The second-order valence-corrected chi connectivity index (χ2v) is 6.18. The Labute approximate surface area is 126 Å². The third-order valence-electron chi connectivity index (χ3n) is 2.77. The molecule has 1 rings (SSSR count). The molecule has 0 saturated heterocycles. The summed E-state index contributed by atoms with van der Waals surface area (Å²) in [6, 6.07) is 5.08. The molecule has 0 aliphatic carbocycles. The van der Waals surface area contributed by atoms with Crippen LogP contribution in [0.25, 0.3) is 0 Å². The van der Waals surface area contributed by atoms with Crippen LogP contribution in [0.4, 0.5) is 10.5 Å². The van der Waals surface area contributed by atoms with E-state index in [2.05, 4.69) is 10.6 Å². The minimum Gasteiger partial charge on any atom is -0.444 e. The van der Waals surface area contributed by atoms with E-state index in [4.69, 9.17) is 4.74 Å². The van der Waals surface area contributed by atoms with Crippen LogP contribution in [0.3, 0.4) is 0 Å². The van der Waals surface area contributed by atoms with E-state index in [-0.39, 0.29) is 5.91 Å². The van der Waals surface area contributed by atoms with Crippen LogP contribution >= 0.6 is 0 Å². The highest BCUT2D eigenvalue weighted by atomic mass is 16.6. The number of alkyl carbamates (subject to hydrolysis) is 1. The molecule has 0 radical (unpaired) electrons. The SMILES string of the molecule is Cc1ccc(NC(=O)[C@@H](C)NC(=O)OC(C)(C)C)c(C)c1. The molecule has 0 bridgehead atoms. The van der Waals surface area contributed by atoms with Crippen LogP contribution in [0.15, 0.2) is 18.2 Å². The first-order chi connectivity index (χ1) is 9.58. The van der Waals surface area contributed by atoms with E-state index in [9.17, 15) is 9.59 Å². The summed E-state index contributed by atoms with van der Waals surface area (Å²) >= 11 is 0. The Morgan fingerprint density at radius 1 is 1.19 bits per heavy atom. The maximum atomic E-state index is 12.1. The molecule has 1 aromatic rings. The average Bonchev–Trinajstić information content (AvgIpc) is 2.29. The summed E-state index contributed by atoms with van der Waals surface area (Å²) in [6.45, 7) is 10.8. The summed E-state index contributed by atoms with van der Waals surface area (Å²) < 4.78 is 5.12. The first kappa shape index (κ1) is 17.0. The van der Waals surface area contributed by atoms with Gasteiger partial charge in [-0.15, -0.1) is 0 Å². The molecular weight excluding hydrogens is 268 g/mol. The molecule has 116 valence electrons. The molecule has 0 aliphatic heterocycles. The molecule has 2 amide bonds. The minimum atomic E-state index is -0.680. The Hall–Kier alpha value is -2.04. The number of aryl methyl sites for hydroxylation is 2. The van der Waals surface area contributed by atoms with Gasteiger partial charge in [0.15, 0.2) is 0 Å². The van der Waals surface area contributed by atoms with Gasteiger partial charge in [-0.05, 0) is 53.2 Å². The highest BCUT2D eigenvalue weighted by Gasteiger charge is 2.21. The molecule has 0 unspecified atom stereocenters. The van der Waals surface area contributed by atoms with E-state index in [0.29, 0.717) is 0 Å². The van der Waals surface area contributed by atoms with Gasteiger partial charge in [0.25, 0.3) is 0 Å². The van der Waals surface area contributed by atoms with Crippen molar-refractivity contribution in [2.24, 2.45) is 0 Å². The van der Waals surface area contributed by atoms with Crippen LogP contribution < -0.4 is 10.6 Å². The lowest BCUT2D eigenvalue weighted by atomic mass is 10.1. The highest BCUT2D eigenvalue weighted by molar-refractivity contribution is 5.96. The molecule has 0 fully saturated rings. The number of carbonyl (C=O) groups is 2. The van der Waals surface area contributed by atoms with Crippen LogP contribution in [-0.4, -0.2) is 23.6 Å². The number of benzene rings is 1. The molecular formula is C16H24N2O3. The molecule has 5 nitrogen and oxygen atoms in total. The van der Waals surface area contributed by atoms with E-state index in [1.54, 1.807) is 27.7 Å². The van der Waals surface area contributed by atoms with Crippen LogP contribution in [-0.2, 0) is 9.53 Å². The Morgan fingerprint density at radius 2 is 1.81 bits per heavy atom. The number of amides is 2. The van der Waals surface area contributed by atoms with Gasteiger partial charge in [0.1, 0.15) is 11.6 Å². The Morgan fingerprint density at radius 3 is 2.33 bits per heavy atom. The van der Waals surface area contributed by atoms with Crippen molar-refractivity contribution in [1.82, 2.24) is 5.32 Å². The van der Waals surface area contributed by atoms with Crippen LogP contribution in [0, 0.1) is 13.8 Å². The quantitative estimate of drug-likeness (QED) is 0.899. The summed E-state index contributed by atoms with van der Waals surface area (Å²) in [5.41, 5.74) is 2.26. The fraction of sp³-hybridized carbons (Fsp3) is 0.500. The molecule has 1 aromatic carbocycles. The van der Waals surface area contributed by atoms with Gasteiger partial charge in [0, 0.05) is 5.69 Å². The van der Waals surface area contributed by atoms with Crippen molar-refractivity contribution in [2.75, 3.05) is 5.32 Å². The van der Waals surface area contributed by atoms with Gasteiger partial charge >= 0.3 is 6.09 Å². The maximum Gasteiger partial charge on any atom is 0.408 e. The first-order valence-electron chi connectivity index (χ1n) is 6.96. The summed E-state index contributed by atoms with van der Waals surface area (Å²) in [5.74, 6) is -0.284. The zero-order chi connectivity index (χ0) is 16.2. The van der Waals surface area contributed by atoms with E-state index >= 15 is 0 Å². The van der Waals surface area contributed by atoms with Gasteiger partial charge < -0.3 is 15.4 Å². The summed E-state index contributed by atoms with van der Waals surface area (Å²) in [7, 11) is 0. The highest BCUT2D eigenvalue weighted by Crippen LogP contribution is 2.16. The van der Waals surface area contributed by atoms with Gasteiger partial charge in [0.2, 0.25) is 5.91 Å². The number of hydrogen-bond donors (Lipinski definition) is 2. The molecule has 1 atom stereocenters. The zero-order valence-electron chi connectivity index (χ0n) is 13.5. The molecule has 0 saturated carbocycles. The molecule has 0 spiro atoms. The average molecular weight is 292 g/mol. The predicted octanol–water partition coefficient (Wildman–Crippen LogP) is 3.16. The van der Waals surface area contributed by atoms with Gasteiger partial charge in [-0.1, -0.05) is 17.7 Å².